The summed E-state index contributed by atoms with van der Waals surface area (Å²) in [7, 11) is 1.92. The maximum absolute atomic E-state index is 4.34. The van der Waals surface area contributed by atoms with Gasteiger partial charge in [-0.25, -0.2) is 9.97 Å². The van der Waals surface area contributed by atoms with Crippen molar-refractivity contribution in [3.8, 4) is 11.1 Å². The average Bonchev–Trinajstić information content (AvgIpc) is 2.40. The van der Waals surface area contributed by atoms with Crippen molar-refractivity contribution in [2.24, 2.45) is 0 Å². The molecular weight excluding hydrogens is 236 g/mol. The summed E-state index contributed by atoms with van der Waals surface area (Å²) in [6.07, 6.45) is 3.73. The largest absolute Gasteiger partial charge is 0.353 e. The molecule has 1 aromatic heterocycles. The molecule has 0 spiro atoms. The summed E-state index contributed by atoms with van der Waals surface area (Å²) in [6.45, 7) is 5.92. The number of benzene rings is 1. The lowest BCUT2D eigenvalue weighted by Crippen LogP contribution is -2.18. The van der Waals surface area contributed by atoms with E-state index in [2.05, 4.69) is 52.6 Å². The minimum Gasteiger partial charge on any atom is -0.353 e. The van der Waals surface area contributed by atoms with Gasteiger partial charge in [0.05, 0.1) is 0 Å². The van der Waals surface area contributed by atoms with Crippen molar-refractivity contribution >= 4 is 5.95 Å². The van der Waals surface area contributed by atoms with Gasteiger partial charge in [-0.3, -0.25) is 0 Å². The third kappa shape index (κ3) is 3.51. The third-order valence-corrected chi connectivity index (χ3v) is 3.00. The Kier molecular flexibility index (Phi) is 4.47. The first kappa shape index (κ1) is 13.5. The molecule has 0 aliphatic carbocycles. The Morgan fingerprint density at radius 3 is 2.42 bits per heavy atom. The van der Waals surface area contributed by atoms with E-state index in [1.807, 2.05) is 19.4 Å². The number of hydrogen-bond acceptors (Lipinski definition) is 4. The van der Waals surface area contributed by atoms with E-state index in [0.29, 0.717) is 5.95 Å². The monoisotopic (exact) mass is 256 g/mol. The molecule has 0 radical (unpaired) electrons. The first-order valence-corrected chi connectivity index (χ1v) is 6.49. The van der Waals surface area contributed by atoms with Gasteiger partial charge < -0.3 is 10.6 Å². The molecule has 1 aromatic carbocycles. The Morgan fingerprint density at radius 1 is 1.05 bits per heavy atom. The number of nitrogens with zero attached hydrogens (tertiary/aromatic N) is 2. The van der Waals surface area contributed by atoms with Crippen molar-refractivity contribution in [1.82, 2.24) is 15.3 Å². The SMILES string of the molecule is CNCCNc1ncc(-c2ccc(C)cc2C)cn1. The van der Waals surface area contributed by atoms with Gasteiger partial charge in [0.1, 0.15) is 0 Å². The summed E-state index contributed by atoms with van der Waals surface area (Å²) in [5.74, 6) is 0.670. The van der Waals surface area contributed by atoms with Gasteiger partial charge in [-0.1, -0.05) is 23.8 Å². The Labute approximate surface area is 114 Å². The number of anilines is 1. The fraction of sp³-hybridized carbons (Fsp3) is 0.333. The molecule has 2 N–H and O–H groups in total. The van der Waals surface area contributed by atoms with Gasteiger partial charge in [0.25, 0.3) is 0 Å². The quantitative estimate of drug-likeness (QED) is 0.807. The van der Waals surface area contributed by atoms with Crippen LogP contribution < -0.4 is 10.6 Å². The van der Waals surface area contributed by atoms with Crippen LogP contribution in [-0.2, 0) is 0 Å². The summed E-state index contributed by atoms with van der Waals surface area (Å²) >= 11 is 0. The number of aryl methyl sites for hydroxylation is 2. The van der Waals surface area contributed by atoms with Crippen molar-refractivity contribution in [1.29, 1.82) is 0 Å². The average molecular weight is 256 g/mol. The molecule has 4 heteroatoms. The van der Waals surface area contributed by atoms with Crippen molar-refractivity contribution in [3.63, 3.8) is 0 Å². The highest BCUT2D eigenvalue weighted by Crippen LogP contribution is 2.23. The Bertz CT molecular complexity index is 534. The van der Waals surface area contributed by atoms with Gasteiger partial charge in [0, 0.05) is 31.0 Å². The van der Waals surface area contributed by atoms with Gasteiger partial charge in [-0.15, -0.1) is 0 Å². The Morgan fingerprint density at radius 2 is 1.79 bits per heavy atom. The first-order valence-electron chi connectivity index (χ1n) is 6.49. The van der Waals surface area contributed by atoms with Crippen LogP contribution in [0.15, 0.2) is 30.6 Å². The van der Waals surface area contributed by atoms with Crippen LogP contribution in [0.4, 0.5) is 5.95 Å². The molecule has 0 saturated carbocycles. The fourth-order valence-electron chi connectivity index (χ4n) is 2.00. The van der Waals surface area contributed by atoms with Gasteiger partial charge in [0.2, 0.25) is 5.95 Å². The van der Waals surface area contributed by atoms with E-state index in [1.54, 1.807) is 0 Å². The zero-order valence-corrected chi connectivity index (χ0v) is 11.7. The molecule has 0 saturated heterocycles. The van der Waals surface area contributed by atoms with E-state index in [1.165, 1.54) is 16.7 Å². The lowest BCUT2D eigenvalue weighted by atomic mass is 10.0. The molecule has 0 aliphatic heterocycles. The van der Waals surface area contributed by atoms with Crippen molar-refractivity contribution in [2.45, 2.75) is 13.8 Å². The van der Waals surface area contributed by atoms with Crippen molar-refractivity contribution in [3.05, 3.63) is 41.7 Å². The summed E-state index contributed by atoms with van der Waals surface area (Å²) in [5.41, 5.74) is 4.76. The predicted octanol–water partition coefficient (Wildman–Crippen LogP) is 2.39. The van der Waals surface area contributed by atoms with E-state index in [-0.39, 0.29) is 0 Å². The van der Waals surface area contributed by atoms with Crippen LogP contribution in [0.1, 0.15) is 11.1 Å². The molecule has 4 nitrogen and oxygen atoms in total. The van der Waals surface area contributed by atoms with Crippen LogP contribution in [0.3, 0.4) is 0 Å². The van der Waals surface area contributed by atoms with E-state index < -0.39 is 0 Å². The van der Waals surface area contributed by atoms with Crippen LogP contribution in [0.2, 0.25) is 0 Å². The van der Waals surface area contributed by atoms with E-state index in [4.69, 9.17) is 0 Å². The lowest BCUT2D eigenvalue weighted by molar-refractivity contribution is 0.817. The summed E-state index contributed by atoms with van der Waals surface area (Å²) < 4.78 is 0. The van der Waals surface area contributed by atoms with Crippen LogP contribution in [0.25, 0.3) is 11.1 Å². The highest BCUT2D eigenvalue weighted by Gasteiger charge is 2.03. The second kappa shape index (κ2) is 6.29. The first-order chi connectivity index (χ1) is 9.20. The number of hydrogen-bond donors (Lipinski definition) is 2. The maximum atomic E-state index is 4.34. The summed E-state index contributed by atoms with van der Waals surface area (Å²) in [5, 5.41) is 6.23. The zero-order chi connectivity index (χ0) is 13.7. The molecule has 0 aliphatic rings. The number of rotatable bonds is 5. The molecule has 1 heterocycles. The molecule has 0 bridgehead atoms. The van der Waals surface area contributed by atoms with E-state index in [0.717, 1.165) is 18.7 Å². The minimum absolute atomic E-state index is 0.670. The minimum atomic E-state index is 0.670. The molecule has 100 valence electrons. The standard InChI is InChI=1S/C15H20N4/c1-11-4-5-14(12(2)8-11)13-9-18-15(19-10-13)17-7-6-16-3/h4-5,8-10,16H,6-7H2,1-3H3,(H,17,18,19). The number of likely N-dealkylation sites (N-methyl/N-ethyl adjacent to an activating group) is 1. The zero-order valence-electron chi connectivity index (χ0n) is 11.7. The smallest absolute Gasteiger partial charge is 0.222 e. The number of aromatic nitrogens is 2. The van der Waals surface area contributed by atoms with Gasteiger partial charge >= 0.3 is 0 Å². The normalized spacial score (nSPS) is 10.5. The lowest BCUT2D eigenvalue weighted by Gasteiger charge is -2.08. The molecule has 0 atom stereocenters. The van der Waals surface area contributed by atoms with Gasteiger partial charge in [0.15, 0.2) is 0 Å². The van der Waals surface area contributed by atoms with Gasteiger partial charge in [-0.05, 0) is 32.0 Å². The number of nitrogens with one attached hydrogen (secondary N) is 2. The fourth-order valence-corrected chi connectivity index (χ4v) is 2.00. The Balaban J connectivity index is 2.13. The van der Waals surface area contributed by atoms with Crippen LogP contribution in [0.5, 0.6) is 0 Å². The molecule has 0 amide bonds. The van der Waals surface area contributed by atoms with Gasteiger partial charge in [-0.2, -0.15) is 0 Å². The molecule has 2 aromatic rings. The van der Waals surface area contributed by atoms with E-state index in [9.17, 15) is 0 Å². The Hall–Kier alpha value is -1.94. The molecule has 0 fully saturated rings. The van der Waals surface area contributed by atoms with Crippen LogP contribution >= 0.6 is 0 Å². The molecular formula is C15H20N4. The topological polar surface area (TPSA) is 49.8 Å². The summed E-state index contributed by atoms with van der Waals surface area (Å²) in [6, 6.07) is 6.41. The maximum Gasteiger partial charge on any atom is 0.222 e. The molecule has 0 unspecified atom stereocenters. The second-order valence-corrected chi connectivity index (χ2v) is 4.64. The third-order valence-electron chi connectivity index (χ3n) is 3.00. The van der Waals surface area contributed by atoms with E-state index >= 15 is 0 Å². The second-order valence-electron chi connectivity index (χ2n) is 4.64. The summed E-state index contributed by atoms with van der Waals surface area (Å²) in [4.78, 5) is 8.68. The van der Waals surface area contributed by atoms with Crippen LogP contribution in [0, 0.1) is 13.8 Å². The highest BCUT2D eigenvalue weighted by atomic mass is 15.1. The van der Waals surface area contributed by atoms with Crippen LogP contribution in [-0.4, -0.2) is 30.1 Å². The molecule has 19 heavy (non-hydrogen) atoms. The molecule has 2 rings (SSSR count). The predicted molar refractivity (Wildman–Crippen MR) is 79.4 cm³/mol. The highest BCUT2D eigenvalue weighted by molar-refractivity contribution is 5.66. The van der Waals surface area contributed by atoms with Crippen molar-refractivity contribution in [2.75, 3.05) is 25.5 Å². The van der Waals surface area contributed by atoms with Crippen molar-refractivity contribution < 1.29 is 0 Å².